The second-order valence-electron chi connectivity index (χ2n) is 8.56. The maximum Gasteiger partial charge on any atom is 0.417 e. The van der Waals surface area contributed by atoms with Crippen LogP contribution in [0.2, 0.25) is 0 Å². The normalized spacial score (nSPS) is 17.8. The van der Waals surface area contributed by atoms with E-state index in [2.05, 4.69) is 9.97 Å². The smallest absolute Gasteiger partial charge is 0.417 e. The molecule has 1 amide bonds. The Hall–Kier alpha value is -4.12. The molecule has 0 saturated carbocycles. The zero-order valence-electron chi connectivity index (χ0n) is 18.9. The number of aromatic nitrogens is 2. The standard InChI is InChI=1S/C26H18F5N3O3/c27-16-3-5-20(28)19(10-16)23-11-17(35)13-34(23)25(36)22-6-1-14-9-18(4-7-21(14)33-22)37-24-8-2-15(12-32-24)26(29,30)31/h1-10,12,17,23,35H,11,13H2/t17-,23+/m0/s1. The molecule has 190 valence electrons. The lowest BCUT2D eigenvalue weighted by molar-refractivity contribution is -0.137. The summed E-state index contributed by atoms with van der Waals surface area (Å²) in [6, 6.07) is 11.8. The van der Waals surface area contributed by atoms with Gasteiger partial charge in [-0.1, -0.05) is 6.07 Å². The van der Waals surface area contributed by atoms with E-state index in [4.69, 9.17) is 4.74 Å². The highest BCUT2D eigenvalue weighted by Crippen LogP contribution is 2.35. The summed E-state index contributed by atoms with van der Waals surface area (Å²) >= 11 is 0. The highest BCUT2D eigenvalue weighted by atomic mass is 19.4. The van der Waals surface area contributed by atoms with Gasteiger partial charge < -0.3 is 14.7 Å². The molecule has 1 aliphatic rings. The molecule has 3 heterocycles. The van der Waals surface area contributed by atoms with Crippen LogP contribution in [0.25, 0.3) is 10.9 Å². The number of fused-ring (bicyclic) bond motifs is 1. The van der Waals surface area contributed by atoms with E-state index in [9.17, 15) is 31.9 Å². The first-order valence-electron chi connectivity index (χ1n) is 11.1. The van der Waals surface area contributed by atoms with Gasteiger partial charge in [-0.2, -0.15) is 13.2 Å². The van der Waals surface area contributed by atoms with E-state index in [0.29, 0.717) is 22.8 Å². The van der Waals surface area contributed by atoms with Crippen molar-refractivity contribution in [3.05, 3.63) is 95.3 Å². The van der Waals surface area contributed by atoms with Crippen molar-refractivity contribution in [1.29, 1.82) is 0 Å². The molecule has 1 saturated heterocycles. The fourth-order valence-electron chi connectivity index (χ4n) is 4.27. The molecule has 37 heavy (non-hydrogen) atoms. The predicted molar refractivity (Wildman–Crippen MR) is 122 cm³/mol. The van der Waals surface area contributed by atoms with Gasteiger partial charge in [-0.3, -0.25) is 4.79 Å². The number of carbonyl (C=O) groups excluding carboxylic acids is 1. The Morgan fingerprint density at radius 3 is 2.57 bits per heavy atom. The summed E-state index contributed by atoms with van der Waals surface area (Å²) < 4.78 is 71.8. The summed E-state index contributed by atoms with van der Waals surface area (Å²) in [6.45, 7) is -0.0634. The van der Waals surface area contributed by atoms with Crippen LogP contribution in [-0.4, -0.2) is 38.5 Å². The number of aliphatic hydroxyl groups is 1. The number of aliphatic hydroxyl groups excluding tert-OH is 1. The first-order valence-corrected chi connectivity index (χ1v) is 11.1. The van der Waals surface area contributed by atoms with Gasteiger partial charge in [0, 0.05) is 29.8 Å². The van der Waals surface area contributed by atoms with E-state index in [-0.39, 0.29) is 30.1 Å². The number of alkyl halides is 3. The van der Waals surface area contributed by atoms with Crippen molar-refractivity contribution in [3.63, 3.8) is 0 Å². The van der Waals surface area contributed by atoms with Crippen LogP contribution in [0.15, 0.2) is 66.9 Å². The Labute approximate surface area is 207 Å². The SMILES string of the molecule is O=C(c1ccc2cc(Oc3ccc(C(F)(F)F)cn3)ccc2n1)N1C[C@@H](O)C[C@@H]1c1cc(F)ccc1F. The first kappa shape index (κ1) is 24.6. The lowest BCUT2D eigenvalue weighted by atomic mass is 10.0. The van der Waals surface area contributed by atoms with Crippen molar-refractivity contribution in [2.45, 2.75) is 24.7 Å². The maximum atomic E-state index is 14.4. The largest absolute Gasteiger partial charge is 0.439 e. The van der Waals surface area contributed by atoms with E-state index >= 15 is 0 Å². The van der Waals surface area contributed by atoms with E-state index in [1.165, 1.54) is 17.0 Å². The van der Waals surface area contributed by atoms with Crippen LogP contribution >= 0.6 is 0 Å². The Bertz CT molecular complexity index is 1480. The lowest BCUT2D eigenvalue weighted by Crippen LogP contribution is -2.32. The van der Waals surface area contributed by atoms with Gasteiger partial charge in [0.2, 0.25) is 5.88 Å². The molecule has 0 aliphatic carbocycles. The molecule has 0 unspecified atom stereocenters. The third-order valence-electron chi connectivity index (χ3n) is 6.02. The van der Waals surface area contributed by atoms with Crippen molar-refractivity contribution >= 4 is 16.8 Å². The number of benzene rings is 2. The second kappa shape index (κ2) is 9.40. The van der Waals surface area contributed by atoms with Gasteiger partial charge in [-0.05, 0) is 55.0 Å². The fourth-order valence-corrected chi connectivity index (χ4v) is 4.27. The third kappa shape index (κ3) is 5.08. The minimum absolute atomic E-state index is 0.0237. The molecule has 4 aromatic rings. The monoisotopic (exact) mass is 515 g/mol. The third-order valence-corrected chi connectivity index (χ3v) is 6.02. The number of halogens is 5. The Balaban J connectivity index is 1.37. The number of β-amino-alcohol motifs (C(OH)–C–C–N with tert-alkyl or cyclic N) is 1. The molecule has 6 nitrogen and oxygen atoms in total. The van der Waals surface area contributed by atoms with Gasteiger partial charge in [0.15, 0.2) is 0 Å². The van der Waals surface area contributed by atoms with Crippen molar-refractivity contribution in [2.75, 3.05) is 6.54 Å². The number of rotatable bonds is 4. The van der Waals surface area contributed by atoms with Crippen LogP contribution in [0.1, 0.15) is 34.1 Å². The van der Waals surface area contributed by atoms with E-state index < -0.39 is 41.4 Å². The van der Waals surface area contributed by atoms with Crippen LogP contribution in [0, 0.1) is 11.6 Å². The zero-order chi connectivity index (χ0) is 26.3. The topological polar surface area (TPSA) is 75.5 Å². The highest BCUT2D eigenvalue weighted by molar-refractivity contribution is 5.95. The average molecular weight is 515 g/mol. The molecule has 1 N–H and O–H groups in total. The molecule has 0 bridgehead atoms. The number of likely N-dealkylation sites (tertiary alicyclic amines) is 1. The number of ether oxygens (including phenoxy) is 1. The maximum absolute atomic E-state index is 14.4. The number of nitrogens with zero attached hydrogens (tertiary/aromatic N) is 3. The molecule has 0 radical (unpaired) electrons. The minimum atomic E-state index is -4.51. The fraction of sp³-hybridized carbons (Fsp3) is 0.192. The lowest BCUT2D eigenvalue weighted by Gasteiger charge is -2.25. The number of hydrogen-bond acceptors (Lipinski definition) is 5. The number of hydrogen-bond donors (Lipinski definition) is 1. The molecule has 5 rings (SSSR count). The minimum Gasteiger partial charge on any atom is -0.439 e. The number of amides is 1. The quantitative estimate of drug-likeness (QED) is 0.355. The molecule has 2 aromatic carbocycles. The Morgan fingerprint density at radius 1 is 1.03 bits per heavy atom. The number of pyridine rings is 2. The highest BCUT2D eigenvalue weighted by Gasteiger charge is 2.38. The van der Waals surface area contributed by atoms with Crippen LogP contribution in [0.4, 0.5) is 22.0 Å². The van der Waals surface area contributed by atoms with Gasteiger partial charge in [-0.25, -0.2) is 18.7 Å². The first-order chi connectivity index (χ1) is 17.6. The van der Waals surface area contributed by atoms with Crippen molar-refractivity contribution in [3.8, 4) is 11.6 Å². The second-order valence-corrected chi connectivity index (χ2v) is 8.56. The van der Waals surface area contributed by atoms with E-state index in [1.54, 1.807) is 18.2 Å². The summed E-state index contributed by atoms with van der Waals surface area (Å²) in [6.07, 6.45) is -4.68. The van der Waals surface area contributed by atoms with Gasteiger partial charge >= 0.3 is 6.18 Å². The van der Waals surface area contributed by atoms with Crippen molar-refractivity contribution in [1.82, 2.24) is 14.9 Å². The molecule has 0 spiro atoms. The molecule has 2 aromatic heterocycles. The summed E-state index contributed by atoms with van der Waals surface area (Å²) in [5, 5.41) is 10.7. The summed E-state index contributed by atoms with van der Waals surface area (Å²) in [5.41, 5.74) is -0.453. The zero-order valence-corrected chi connectivity index (χ0v) is 18.9. The van der Waals surface area contributed by atoms with Crippen molar-refractivity contribution in [2.24, 2.45) is 0 Å². The van der Waals surface area contributed by atoms with Gasteiger partial charge in [0.05, 0.1) is 23.2 Å². The van der Waals surface area contributed by atoms with Gasteiger partial charge in [-0.15, -0.1) is 0 Å². The van der Waals surface area contributed by atoms with E-state index in [1.807, 2.05) is 0 Å². The van der Waals surface area contributed by atoms with Crippen molar-refractivity contribution < 1.29 is 36.6 Å². The van der Waals surface area contributed by atoms with Gasteiger partial charge in [0.1, 0.15) is 23.1 Å². The van der Waals surface area contributed by atoms with Crippen LogP contribution in [-0.2, 0) is 6.18 Å². The summed E-state index contributed by atoms with van der Waals surface area (Å²) in [4.78, 5) is 22.5. The Kier molecular flexibility index (Phi) is 6.24. The molecule has 1 aliphatic heterocycles. The Morgan fingerprint density at radius 2 is 1.84 bits per heavy atom. The molecular weight excluding hydrogens is 497 g/mol. The van der Waals surface area contributed by atoms with E-state index in [0.717, 1.165) is 30.3 Å². The number of carbonyl (C=O) groups is 1. The predicted octanol–water partition coefficient (Wildman–Crippen LogP) is 5.67. The summed E-state index contributed by atoms with van der Waals surface area (Å²) in [7, 11) is 0. The molecule has 11 heteroatoms. The molecule has 1 fully saturated rings. The van der Waals surface area contributed by atoms with Crippen LogP contribution < -0.4 is 4.74 Å². The molecule has 2 atom stereocenters. The average Bonchev–Trinajstić information content (AvgIpc) is 3.25. The summed E-state index contributed by atoms with van der Waals surface area (Å²) in [5.74, 6) is -1.62. The van der Waals surface area contributed by atoms with Crippen LogP contribution in [0.3, 0.4) is 0 Å². The van der Waals surface area contributed by atoms with Gasteiger partial charge in [0.25, 0.3) is 5.91 Å². The van der Waals surface area contributed by atoms with Crippen LogP contribution in [0.5, 0.6) is 11.6 Å². The molecular formula is C26H18F5N3O3.